The summed E-state index contributed by atoms with van der Waals surface area (Å²) in [6.45, 7) is 1.38. The second-order valence-electron chi connectivity index (χ2n) is 4.45. The van der Waals surface area contributed by atoms with Gasteiger partial charge in [0.05, 0.1) is 0 Å². The number of amides is 1. The van der Waals surface area contributed by atoms with Crippen molar-refractivity contribution in [1.29, 1.82) is 0 Å². The van der Waals surface area contributed by atoms with Gasteiger partial charge in [0.25, 0.3) is 5.91 Å². The third-order valence-electron chi connectivity index (χ3n) is 2.80. The van der Waals surface area contributed by atoms with E-state index in [-0.39, 0.29) is 13.0 Å². The van der Waals surface area contributed by atoms with Gasteiger partial charge in [0.15, 0.2) is 0 Å². The molecule has 1 aromatic heterocycles. The van der Waals surface area contributed by atoms with Gasteiger partial charge < -0.3 is 5.32 Å². The lowest BCUT2D eigenvalue weighted by molar-refractivity contribution is -0.344. The van der Waals surface area contributed by atoms with Crippen molar-refractivity contribution in [2.75, 3.05) is 6.54 Å². The molecule has 0 aliphatic heterocycles. The summed E-state index contributed by atoms with van der Waals surface area (Å²) in [5.74, 6) is -15.0. The molecule has 0 aromatic carbocycles. The van der Waals surface area contributed by atoms with E-state index in [2.05, 4.69) is 5.10 Å². The molecule has 0 saturated heterocycles. The molecule has 1 aromatic rings. The number of aromatic nitrogens is 2. The summed E-state index contributed by atoms with van der Waals surface area (Å²) in [6, 6.07) is 1.65. The van der Waals surface area contributed by atoms with E-state index in [0.29, 0.717) is 0 Å². The van der Waals surface area contributed by atoms with Gasteiger partial charge in [-0.05, 0) is 19.4 Å². The van der Waals surface area contributed by atoms with Crippen LogP contribution in [-0.2, 0) is 11.3 Å². The van der Waals surface area contributed by atoms with Crippen LogP contribution in [-0.4, -0.2) is 40.3 Å². The van der Waals surface area contributed by atoms with Crippen molar-refractivity contribution in [3.05, 3.63) is 18.0 Å². The predicted octanol–water partition coefficient (Wildman–Crippen LogP) is 2.53. The number of aryl methyl sites for hydroxylation is 2. The highest BCUT2D eigenvalue weighted by Gasteiger charge is 2.76. The fraction of sp³-hybridized carbons (Fsp3) is 0.636. The molecule has 0 radical (unpaired) electrons. The van der Waals surface area contributed by atoms with Crippen LogP contribution in [0, 0.1) is 6.92 Å². The lowest BCUT2D eigenvalue weighted by Gasteiger charge is -2.27. The number of rotatable bonds is 6. The molecule has 1 N–H and O–H groups in total. The first-order valence-electron chi connectivity index (χ1n) is 6.00. The van der Waals surface area contributed by atoms with E-state index in [1.807, 2.05) is 0 Å². The molecule has 0 fully saturated rings. The van der Waals surface area contributed by atoms with Gasteiger partial charge >= 0.3 is 18.0 Å². The summed E-state index contributed by atoms with van der Waals surface area (Å²) in [7, 11) is 0. The molecule has 1 rings (SSSR count). The van der Waals surface area contributed by atoms with Crippen LogP contribution in [0.1, 0.15) is 12.1 Å². The number of hydrogen-bond donors (Lipinski definition) is 1. The van der Waals surface area contributed by atoms with Crippen LogP contribution in [0.15, 0.2) is 12.3 Å². The van der Waals surface area contributed by atoms with E-state index in [0.717, 1.165) is 5.69 Å². The minimum absolute atomic E-state index is 0.0297. The minimum atomic E-state index is -6.53. The van der Waals surface area contributed by atoms with Gasteiger partial charge in [-0.1, -0.05) is 0 Å². The maximum absolute atomic E-state index is 13.0. The van der Waals surface area contributed by atoms with Crippen LogP contribution in [0.3, 0.4) is 0 Å². The van der Waals surface area contributed by atoms with Crippen molar-refractivity contribution in [3.8, 4) is 0 Å². The molecule has 1 amide bonds. The Morgan fingerprint density at radius 3 is 2.27 bits per heavy atom. The number of alkyl halides is 7. The average molecular weight is 335 g/mol. The molecular weight excluding hydrogens is 323 g/mol. The SMILES string of the molecule is Cc1ccnn1CCCNC(=O)C(F)(F)C(F)(F)C(F)(F)F. The fourth-order valence-corrected chi connectivity index (χ4v) is 1.50. The number of hydrogen-bond acceptors (Lipinski definition) is 2. The topological polar surface area (TPSA) is 46.9 Å². The molecule has 0 saturated carbocycles. The van der Waals surface area contributed by atoms with Crippen molar-refractivity contribution in [3.63, 3.8) is 0 Å². The normalized spacial score (nSPS) is 13.3. The zero-order valence-electron chi connectivity index (χ0n) is 11.2. The molecule has 0 atom stereocenters. The third kappa shape index (κ3) is 3.50. The summed E-state index contributed by atoms with van der Waals surface area (Å²) in [6.07, 6.45) is -5.03. The maximum atomic E-state index is 13.0. The fourth-order valence-electron chi connectivity index (χ4n) is 1.50. The Labute approximate surface area is 120 Å². The van der Waals surface area contributed by atoms with Crippen molar-refractivity contribution in [2.45, 2.75) is 37.9 Å². The smallest absolute Gasteiger partial charge is 0.351 e. The van der Waals surface area contributed by atoms with Crippen molar-refractivity contribution >= 4 is 5.91 Å². The molecule has 0 unspecified atom stereocenters. The Kier molecular flexibility index (Phi) is 5.08. The van der Waals surface area contributed by atoms with Gasteiger partial charge in [0.2, 0.25) is 0 Å². The number of carbonyl (C=O) groups excluding carboxylic acids is 1. The Hall–Kier alpha value is -1.81. The quantitative estimate of drug-likeness (QED) is 0.641. The summed E-state index contributed by atoms with van der Waals surface area (Å²) in [5, 5.41) is 5.21. The van der Waals surface area contributed by atoms with Gasteiger partial charge in [0.1, 0.15) is 0 Å². The molecule has 0 aliphatic rings. The number of nitrogens with zero attached hydrogens (tertiary/aromatic N) is 2. The second kappa shape index (κ2) is 6.13. The first-order valence-corrected chi connectivity index (χ1v) is 6.00. The predicted molar refractivity (Wildman–Crippen MR) is 60.5 cm³/mol. The van der Waals surface area contributed by atoms with Crippen LogP contribution < -0.4 is 5.32 Å². The van der Waals surface area contributed by atoms with Crippen LogP contribution in [0.4, 0.5) is 30.7 Å². The van der Waals surface area contributed by atoms with E-state index in [1.54, 1.807) is 13.0 Å². The molecule has 22 heavy (non-hydrogen) atoms. The standard InChI is InChI=1S/C11H12F7N3O/c1-7-3-5-20-21(7)6-2-4-19-8(22)9(12,13)10(14,15)11(16,17)18/h3,5H,2,4,6H2,1H3,(H,19,22). The Morgan fingerprint density at radius 2 is 1.82 bits per heavy atom. The van der Waals surface area contributed by atoms with Crippen LogP contribution >= 0.6 is 0 Å². The maximum Gasteiger partial charge on any atom is 0.460 e. The summed E-state index contributed by atoms with van der Waals surface area (Å²) >= 11 is 0. The molecule has 11 heteroatoms. The van der Waals surface area contributed by atoms with Gasteiger partial charge in [0, 0.05) is 25.0 Å². The summed E-state index contributed by atoms with van der Waals surface area (Å²) in [5.41, 5.74) is 0.736. The molecule has 4 nitrogen and oxygen atoms in total. The second-order valence-corrected chi connectivity index (χ2v) is 4.45. The van der Waals surface area contributed by atoms with Gasteiger partial charge in [-0.2, -0.15) is 35.8 Å². The molecule has 1 heterocycles. The van der Waals surface area contributed by atoms with Crippen molar-refractivity contribution in [2.24, 2.45) is 0 Å². The zero-order valence-corrected chi connectivity index (χ0v) is 11.2. The first kappa shape index (κ1) is 18.2. The van der Waals surface area contributed by atoms with Crippen LogP contribution in [0.25, 0.3) is 0 Å². The Bertz CT molecular complexity index is 524. The van der Waals surface area contributed by atoms with E-state index in [9.17, 15) is 35.5 Å². The van der Waals surface area contributed by atoms with Crippen molar-refractivity contribution in [1.82, 2.24) is 15.1 Å². The molecule has 0 bridgehead atoms. The molecule has 0 aliphatic carbocycles. The van der Waals surface area contributed by atoms with E-state index < -0.39 is 30.5 Å². The molecular formula is C11H12F7N3O. The molecule has 0 spiro atoms. The molecule has 126 valence electrons. The van der Waals surface area contributed by atoms with Crippen LogP contribution in [0.5, 0.6) is 0 Å². The number of nitrogens with one attached hydrogen (secondary N) is 1. The number of halogens is 7. The lowest BCUT2D eigenvalue weighted by atomic mass is 10.1. The van der Waals surface area contributed by atoms with Gasteiger partial charge in [-0.15, -0.1) is 0 Å². The van der Waals surface area contributed by atoms with Gasteiger partial charge in [-0.25, -0.2) is 0 Å². The highest BCUT2D eigenvalue weighted by atomic mass is 19.4. The monoisotopic (exact) mass is 335 g/mol. The largest absolute Gasteiger partial charge is 0.460 e. The zero-order chi connectivity index (χ0) is 17.2. The average Bonchev–Trinajstić information content (AvgIpc) is 2.78. The highest BCUT2D eigenvalue weighted by molar-refractivity contribution is 5.84. The summed E-state index contributed by atoms with van der Waals surface area (Å²) < 4.78 is 88.2. The Morgan fingerprint density at radius 1 is 1.23 bits per heavy atom. The van der Waals surface area contributed by atoms with Crippen LogP contribution in [0.2, 0.25) is 0 Å². The third-order valence-corrected chi connectivity index (χ3v) is 2.80. The number of carbonyl (C=O) groups is 1. The van der Waals surface area contributed by atoms with Crippen molar-refractivity contribution < 1.29 is 35.5 Å². The van der Waals surface area contributed by atoms with E-state index in [1.165, 1.54) is 16.2 Å². The van der Waals surface area contributed by atoms with Gasteiger partial charge in [-0.3, -0.25) is 9.48 Å². The highest BCUT2D eigenvalue weighted by Crippen LogP contribution is 2.46. The first-order chi connectivity index (χ1) is 9.91. The van der Waals surface area contributed by atoms with E-state index in [4.69, 9.17) is 0 Å². The van der Waals surface area contributed by atoms with E-state index >= 15 is 0 Å². The lowest BCUT2D eigenvalue weighted by Crippen LogP contribution is -2.59. The Balaban J connectivity index is 2.56. The summed E-state index contributed by atoms with van der Waals surface area (Å²) in [4.78, 5) is 10.9. The minimum Gasteiger partial charge on any atom is -0.351 e.